The summed E-state index contributed by atoms with van der Waals surface area (Å²) in [6.45, 7) is 2.77. The summed E-state index contributed by atoms with van der Waals surface area (Å²) in [5.41, 5.74) is 4.64. The number of fused-ring (bicyclic) bond motifs is 1. The molecule has 0 fully saturated rings. The minimum atomic E-state index is 0.661. The molecule has 0 atom stereocenters. The first-order valence-electron chi connectivity index (χ1n) is 7.28. The number of aliphatic imine (C=N–C) groups is 1. The van der Waals surface area contributed by atoms with Crippen molar-refractivity contribution >= 4 is 22.8 Å². The van der Waals surface area contributed by atoms with E-state index in [0.29, 0.717) is 6.67 Å². The van der Waals surface area contributed by atoms with E-state index >= 15 is 0 Å². The molecule has 108 valence electrons. The lowest BCUT2D eigenvalue weighted by atomic mass is 10.2. The van der Waals surface area contributed by atoms with E-state index in [2.05, 4.69) is 63.0 Å². The molecule has 3 heterocycles. The third kappa shape index (κ3) is 2.09. The van der Waals surface area contributed by atoms with Crippen LogP contribution < -0.4 is 4.90 Å². The number of pyridine rings is 1. The highest BCUT2D eigenvalue weighted by atomic mass is 15.2. The lowest BCUT2D eigenvalue weighted by molar-refractivity contribution is 0.970. The van der Waals surface area contributed by atoms with Gasteiger partial charge in [0.1, 0.15) is 6.67 Å². The summed E-state index contributed by atoms with van der Waals surface area (Å²) in [4.78, 5) is 10.7. The van der Waals surface area contributed by atoms with Gasteiger partial charge in [-0.1, -0.05) is 6.07 Å². The molecule has 4 rings (SSSR count). The topological polar surface area (TPSA) is 33.4 Å². The summed E-state index contributed by atoms with van der Waals surface area (Å²) in [5, 5.41) is 1.22. The SMILES string of the molecule is Cc1ccncc1-n1ccc2ccc(N3C=CC=NC3)cc21. The van der Waals surface area contributed by atoms with E-state index in [-0.39, 0.29) is 0 Å². The van der Waals surface area contributed by atoms with Crippen LogP contribution in [0.25, 0.3) is 16.6 Å². The van der Waals surface area contributed by atoms with Crippen LogP contribution in [-0.4, -0.2) is 22.4 Å². The Kier molecular flexibility index (Phi) is 3.00. The fraction of sp³-hybridized carbons (Fsp3) is 0.111. The van der Waals surface area contributed by atoms with Crippen LogP contribution in [-0.2, 0) is 0 Å². The van der Waals surface area contributed by atoms with Crippen molar-refractivity contribution in [2.24, 2.45) is 4.99 Å². The van der Waals surface area contributed by atoms with Gasteiger partial charge in [0.2, 0.25) is 0 Å². The van der Waals surface area contributed by atoms with Crippen LogP contribution in [0.15, 0.2) is 66.2 Å². The zero-order valence-corrected chi connectivity index (χ0v) is 12.3. The van der Waals surface area contributed by atoms with Crippen molar-refractivity contribution in [1.82, 2.24) is 9.55 Å². The van der Waals surface area contributed by atoms with E-state index in [0.717, 1.165) is 11.4 Å². The van der Waals surface area contributed by atoms with Crippen molar-refractivity contribution in [2.45, 2.75) is 6.92 Å². The molecule has 0 spiro atoms. The summed E-state index contributed by atoms with van der Waals surface area (Å²) in [5.74, 6) is 0. The number of rotatable bonds is 2. The Morgan fingerprint density at radius 2 is 2.09 bits per heavy atom. The zero-order chi connectivity index (χ0) is 14.9. The van der Waals surface area contributed by atoms with Gasteiger partial charge in [-0.2, -0.15) is 0 Å². The molecule has 1 aliphatic heterocycles. The Hall–Kier alpha value is -2.88. The molecule has 0 amide bonds. The molecule has 0 radical (unpaired) electrons. The van der Waals surface area contributed by atoms with Gasteiger partial charge in [-0.25, -0.2) is 0 Å². The van der Waals surface area contributed by atoms with E-state index in [1.54, 1.807) is 0 Å². The van der Waals surface area contributed by atoms with Crippen LogP contribution in [0.5, 0.6) is 0 Å². The van der Waals surface area contributed by atoms with Crippen molar-refractivity contribution in [3.63, 3.8) is 0 Å². The van der Waals surface area contributed by atoms with Gasteiger partial charge in [0.05, 0.1) is 17.4 Å². The average molecular weight is 288 g/mol. The molecular formula is C18H16N4. The van der Waals surface area contributed by atoms with Gasteiger partial charge in [-0.05, 0) is 42.8 Å². The molecule has 1 aromatic carbocycles. The lowest BCUT2D eigenvalue weighted by Gasteiger charge is -2.20. The van der Waals surface area contributed by atoms with Crippen molar-refractivity contribution in [1.29, 1.82) is 0 Å². The first kappa shape index (κ1) is 12.8. The van der Waals surface area contributed by atoms with Crippen molar-refractivity contribution in [3.8, 4) is 5.69 Å². The van der Waals surface area contributed by atoms with E-state index in [1.165, 1.54) is 16.5 Å². The number of aryl methyl sites for hydroxylation is 1. The van der Waals surface area contributed by atoms with Gasteiger partial charge < -0.3 is 9.47 Å². The number of benzene rings is 1. The molecule has 0 saturated heterocycles. The molecule has 4 nitrogen and oxygen atoms in total. The monoisotopic (exact) mass is 288 g/mol. The summed E-state index contributed by atoms with van der Waals surface area (Å²) in [6, 6.07) is 10.7. The second-order valence-corrected chi connectivity index (χ2v) is 5.38. The highest BCUT2D eigenvalue weighted by Gasteiger charge is 2.09. The maximum absolute atomic E-state index is 4.29. The summed E-state index contributed by atoms with van der Waals surface area (Å²) >= 11 is 0. The van der Waals surface area contributed by atoms with Crippen molar-refractivity contribution in [2.75, 3.05) is 11.6 Å². The predicted octanol–water partition coefficient (Wildman–Crippen LogP) is 3.70. The molecule has 0 N–H and O–H groups in total. The Morgan fingerprint density at radius 3 is 2.91 bits per heavy atom. The molecule has 1 aliphatic rings. The van der Waals surface area contributed by atoms with Crippen LogP contribution in [0.1, 0.15) is 5.56 Å². The third-order valence-electron chi connectivity index (χ3n) is 3.97. The number of anilines is 1. The quantitative estimate of drug-likeness (QED) is 0.720. The fourth-order valence-electron chi connectivity index (χ4n) is 2.77. The summed E-state index contributed by atoms with van der Waals surface area (Å²) in [7, 11) is 0. The highest BCUT2D eigenvalue weighted by Crippen LogP contribution is 2.27. The van der Waals surface area contributed by atoms with E-state index in [4.69, 9.17) is 0 Å². The molecule has 4 heteroatoms. The van der Waals surface area contributed by atoms with Crippen LogP contribution >= 0.6 is 0 Å². The largest absolute Gasteiger partial charge is 0.328 e. The second kappa shape index (κ2) is 5.15. The molecular weight excluding hydrogens is 272 g/mol. The summed E-state index contributed by atoms with van der Waals surface area (Å²) in [6.07, 6.45) is 11.7. The van der Waals surface area contributed by atoms with Gasteiger partial charge in [0.25, 0.3) is 0 Å². The second-order valence-electron chi connectivity index (χ2n) is 5.38. The van der Waals surface area contributed by atoms with Gasteiger partial charge in [-0.3, -0.25) is 9.98 Å². The normalized spacial score (nSPS) is 14.0. The van der Waals surface area contributed by atoms with Crippen molar-refractivity contribution < 1.29 is 0 Å². The first-order chi connectivity index (χ1) is 10.8. The number of allylic oxidation sites excluding steroid dienone is 1. The van der Waals surface area contributed by atoms with Crippen molar-refractivity contribution in [3.05, 3.63) is 66.8 Å². The molecule has 3 aromatic rings. The third-order valence-corrected chi connectivity index (χ3v) is 3.97. The minimum absolute atomic E-state index is 0.661. The van der Waals surface area contributed by atoms with E-state index in [9.17, 15) is 0 Å². The maximum atomic E-state index is 4.29. The standard InChI is InChI=1S/C18H16N4/c1-14-5-8-19-12-18(14)22-10-6-15-3-4-16(11-17(15)22)21-9-2-7-20-13-21/h2-12H,13H2,1H3. The van der Waals surface area contributed by atoms with E-state index < -0.39 is 0 Å². The smallest absolute Gasteiger partial charge is 0.114 e. The van der Waals surface area contributed by atoms with Gasteiger partial charge in [-0.15, -0.1) is 0 Å². The van der Waals surface area contributed by atoms with Gasteiger partial charge in [0.15, 0.2) is 0 Å². The van der Waals surface area contributed by atoms with E-state index in [1.807, 2.05) is 30.8 Å². The highest BCUT2D eigenvalue weighted by molar-refractivity contribution is 5.86. The summed E-state index contributed by atoms with van der Waals surface area (Å²) < 4.78 is 2.19. The van der Waals surface area contributed by atoms with Gasteiger partial charge >= 0.3 is 0 Å². The molecule has 0 aliphatic carbocycles. The first-order valence-corrected chi connectivity index (χ1v) is 7.28. The lowest BCUT2D eigenvalue weighted by Crippen LogP contribution is -2.18. The van der Waals surface area contributed by atoms with Crippen LogP contribution in [0.4, 0.5) is 5.69 Å². The Bertz CT molecular complexity index is 889. The Labute approximate surface area is 129 Å². The molecule has 0 unspecified atom stereocenters. The average Bonchev–Trinajstić information content (AvgIpc) is 2.99. The molecule has 0 bridgehead atoms. The fourth-order valence-corrected chi connectivity index (χ4v) is 2.77. The predicted molar refractivity (Wildman–Crippen MR) is 90.8 cm³/mol. The molecule has 0 saturated carbocycles. The number of hydrogen-bond acceptors (Lipinski definition) is 3. The van der Waals surface area contributed by atoms with Crippen LogP contribution in [0.2, 0.25) is 0 Å². The molecule has 22 heavy (non-hydrogen) atoms. The number of nitrogens with zero attached hydrogens (tertiary/aromatic N) is 4. The number of aromatic nitrogens is 2. The minimum Gasteiger partial charge on any atom is -0.328 e. The van der Waals surface area contributed by atoms with Crippen LogP contribution in [0.3, 0.4) is 0 Å². The van der Waals surface area contributed by atoms with Crippen LogP contribution in [0, 0.1) is 6.92 Å². The Balaban J connectivity index is 1.85. The van der Waals surface area contributed by atoms with Gasteiger partial charge in [0, 0.05) is 35.9 Å². The molecule has 2 aromatic heterocycles. The maximum Gasteiger partial charge on any atom is 0.114 e. The Morgan fingerprint density at radius 1 is 1.14 bits per heavy atom. The number of hydrogen-bond donors (Lipinski definition) is 0. The zero-order valence-electron chi connectivity index (χ0n) is 12.3.